The van der Waals surface area contributed by atoms with Crippen LogP contribution in [0.15, 0.2) is 52.4 Å². The molecule has 6 nitrogen and oxygen atoms in total. The molecule has 0 bridgehead atoms. The Morgan fingerprint density at radius 2 is 1.87 bits per heavy atom. The third-order valence-electron chi connectivity index (χ3n) is 4.86. The summed E-state index contributed by atoms with van der Waals surface area (Å²) < 4.78 is 16.5. The summed E-state index contributed by atoms with van der Waals surface area (Å²) in [7, 11) is 1.65. The van der Waals surface area contributed by atoms with E-state index in [9.17, 15) is 4.79 Å². The van der Waals surface area contributed by atoms with Gasteiger partial charge in [0.05, 0.1) is 18.6 Å². The lowest BCUT2D eigenvalue weighted by Gasteiger charge is -2.18. The van der Waals surface area contributed by atoms with Gasteiger partial charge in [-0.15, -0.1) is 0 Å². The Labute approximate surface area is 186 Å². The van der Waals surface area contributed by atoms with E-state index in [1.54, 1.807) is 12.0 Å². The van der Waals surface area contributed by atoms with E-state index in [1.165, 1.54) is 11.8 Å². The number of fused-ring (bicyclic) bond motifs is 1. The molecular weight excluding hydrogens is 412 g/mol. The molecule has 2 heterocycles. The first-order valence-corrected chi connectivity index (χ1v) is 11.1. The van der Waals surface area contributed by atoms with E-state index in [-0.39, 0.29) is 5.91 Å². The van der Waals surface area contributed by atoms with Gasteiger partial charge in [-0.2, -0.15) is 0 Å². The minimum absolute atomic E-state index is 0.0120. The first-order chi connectivity index (χ1) is 15.0. The van der Waals surface area contributed by atoms with Crippen LogP contribution in [0, 0.1) is 5.92 Å². The van der Waals surface area contributed by atoms with Crippen LogP contribution in [0.5, 0.6) is 17.2 Å². The highest BCUT2D eigenvalue weighted by molar-refractivity contribution is 8.18. The van der Waals surface area contributed by atoms with E-state index in [2.05, 4.69) is 13.8 Å². The third kappa shape index (κ3) is 5.05. The van der Waals surface area contributed by atoms with Crippen LogP contribution in [0.25, 0.3) is 6.08 Å². The molecule has 7 heteroatoms. The summed E-state index contributed by atoms with van der Waals surface area (Å²) in [6.45, 7) is 6.42. The second-order valence-corrected chi connectivity index (χ2v) is 8.78. The summed E-state index contributed by atoms with van der Waals surface area (Å²) in [6, 6.07) is 13.5. The highest BCUT2D eigenvalue weighted by Gasteiger charge is 2.33. The summed E-state index contributed by atoms with van der Waals surface area (Å²) in [5, 5.41) is 0.735. The number of hydrogen-bond acceptors (Lipinski definition) is 6. The molecule has 0 unspecified atom stereocenters. The van der Waals surface area contributed by atoms with Gasteiger partial charge >= 0.3 is 0 Å². The number of methoxy groups -OCH3 is 1. The number of aliphatic imine (C=N–C) groups is 1. The molecule has 2 aliphatic heterocycles. The zero-order valence-corrected chi connectivity index (χ0v) is 18.8. The maximum Gasteiger partial charge on any atom is 0.266 e. The van der Waals surface area contributed by atoms with Gasteiger partial charge < -0.3 is 14.2 Å². The lowest BCUT2D eigenvalue weighted by molar-refractivity contribution is -0.122. The lowest BCUT2D eigenvalue weighted by atomic mass is 10.1. The van der Waals surface area contributed by atoms with Crippen LogP contribution in [-0.2, 0) is 11.3 Å². The topological polar surface area (TPSA) is 60.4 Å². The number of rotatable bonds is 6. The van der Waals surface area contributed by atoms with Gasteiger partial charge in [0.15, 0.2) is 16.7 Å². The Morgan fingerprint density at radius 1 is 1.13 bits per heavy atom. The van der Waals surface area contributed by atoms with Gasteiger partial charge in [-0.1, -0.05) is 32.0 Å². The van der Waals surface area contributed by atoms with Crippen LogP contribution in [0.2, 0.25) is 0 Å². The fourth-order valence-corrected chi connectivity index (χ4v) is 4.33. The molecule has 1 amide bonds. The normalized spacial score (nSPS) is 18.3. The fourth-order valence-electron chi connectivity index (χ4n) is 3.34. The molecule has 2 aliphatic rings. The second kappa shape index (κ2) is 9.47. The molecule has 1 saturated heterocycles. The first-order valence-electron chi connectivity index (χ1n) is 10.3. The standard InChI is InChI=1S/C24H26N2O4S/c1-16(2)15-26-23(27)22(13-18-6-9-20-21(12-18)30-11-10-29-20)31-24(26)25-14-17-4-7-19(28-3)8-5-17/h4-9,12-13,16H,10-11,14-15H2,1-3H3/b22-13-,25-24-. The molecule has 4 rings (SSSR count). The number of carbonyl (C=O) groups excluding carboxylic acids is 1. The molecule has 0 radical (unpaired) electrons. The molecule has 0 N–H and O–H groups in total. The molecule has 0 spiro atoms. The lowest BCUT2D eigenvalue weighted by Crippen LogP contribution is -2.32. The number of hydrogen-bond donors (Lipinski definition) is 0. The molecule has 0 atom stereocenters. The first kappa shape index (κ1) is 21.3. The number of nitrogens with zero attached hydrogens (tertiary/aromatic N) is 2. The number of ether oxygens (including phenoxy) is 3. The zero-order valence-electron chi connectivity index (χ0n) is 18.0. The van der Waals surface area contributed by atoms with E-state index in [1.807, 2.05) is 48.5 Å². The summed E-state index contributed by atoms with van der Waals surface area (Å²) in [5.74, 6) is 2.59. The van der Waals surface area contributed by atoms with Crippen molar-refractivity contribution >= 4 is 28.9 Å². The van der Waals surface area contributed by atoms with Crippen molar-refractivity contribution in [3.05, 3.63) is 58.5 Å². The number of benzene rings is 2. The summed E-state index contributed by atoms with van der Waals surface area (Å²) >= 11 is 1.42. The Morgan fingerprint density at radius 3 is 2.58 bits per heavy atom. The van der Waals surface area contributed by atoms with Crippen LogP contribution in [0.1, 0.15) is 25.0 Å². The summed E-state index contributed by atoms with van der Waals surface area (Å²) in [6.07, 6.45) is 1.90. The van der Waals surface area contributed by atoms with Gasteiger partial charge in [0.25, 0.3) is 5.91 Å². The predicted octanol–water partition coefficient (Wildman–Crippen LogP) is 4.59. The van der Waals surface area contributed by atoms with Gasteiger partial charge in [0.2, 0.25) is 0 Å². The van der Waals surface area contributed by atoms with Crippen molar-refractivity contribution < 1.29 is 19.0 Å². The van der Waals surface area contributed by atoms with Crippen molar-refractivity contribution in [1.29, 1.82) is 0 Å². The number of carbonyl (C=O) groups is 1. The molecule has 1 fully saturated rings. The highest BCUT2D eigenvalue weighted by Crippen LogP contribution is 2.36. The van der Waals surface area contributed by atoms with E-state index >= 15 is 0 Å². The average Bonchev–Trinajstić information content (AvgIpc) is 3.06. The third-order valence-corrected chi connectivity index (χ3v) is 5.90. The van der Waals surface area contributed by atoms with Crippen molar-refractivity contribution in [2.24, 2.45) is 10.9 Å². The SMILES string of the molecule is COc1ccc(C/N=C2\S/C(=C\c3ccc4c(c3)OCCO4)C(=O)N2CC(C)C)cc1. The molecule has 0 aliphatic carbocycles. The smallest absolute Gasteiger partial charge is 0.266 e. The van der Waals surface area contributed by atoms with Crippen LogP contribution >= 0.6 is 11.8 Å². The largest absolute Gasteiger partial charge is 0.497 e. The molecule has 31 heavy (non-hydrogen) atoms. The molecule has 0 saturated carbocycles. The second-order valence-electron chi connectivity index (χ2n) is 7.77. The average molecular weight is 439 g/mol. The predicted molar refractivity (Wildman–Crippen MR) is 124 cm³/mol. The van der Waals surface area contributed by atoms with Crippen LogP contribution in [0.3, 0.4) is 0 Å². The van der Waals surface area contributed by atoms with E-state index in [0.29, 0.717) is 42.9 Å². The van der Waals surface area contributed by atoms with Crippen molar-refractivity contribution in [2.75, 3.05) is 26.9 Å². The quantitative estimate of drug-likeness (QED) is 0.617. The maximum absolute atomic E-state index is 13.1. The zero-order chi connectivity index (χ0) is 21.8. The Bertz CT molecular complexity index is 1010. The van der Waals surface area contributed by atoms with E-state index in [0.717, 1.165) is 27.8 Å². The maximum atomic E-state index is 13.1. The van der Waals surface area contributed by atoms with Gasteiger partial charge in [-0.05, 0) is 59.1 Å². The van der Waals surface area contributed by atoms with Crippen molar-refractivity contribution in [3.63, 3.8) is 0 Å². The number of thioether (sulfide) groups is 1. The Kier molecular flexibility index (Phi) is 6.51. The van der Waals surface area contributed by atoms with Crippen LogP contribution in [-0.4, -0.2) is 42.8 Å². The fraction of sp³-hybridized carbons (Fsp3) is 0.333. The van der Waals surface area contributed by atoms with Gasteiger partial charge in [-0.25, -0.2) is 0 Å². The van der Waals surface area contributed by atoms with Crippen molar-refractivity contribution in [2.45, 2.75) is 20.4 Å². The number of amides is 1. The number of amidine groups is 1. The van der Waals surface area contributed by atoms with Crippen molar-refractivity contribution in [1.82, 2.24) is 4.90 Å². The Hall–Kier alpha value is -2.93. The molecule has 2 aromatic rings. The minimum atomic E-state index is -0.0120. The van der Waals surface area contributed by atoms with Crippen molar-refractivity contribution in [3.8, 4) is 17.2 Å². The molecular formula is C24H26N2O4S. The van der Waals surface area contributed by atoms with E-state index < -0.39 is 0 Å². The highest BCUT2D eigenvalue weighted by atomic mass is 32.2. The molecule has 162 valence electrons. The van der Waals surface area contributed by atoms with Crippen LogP contribution < -0.4 is 14.2 Å². The van der Waals surface area contributed by atoms with Crippen LogP contribution in [0.4, 0.5) is 0 Å². The minimum Gasteiger partial charge on any atom is -0.497 e. The molecule has 0 aromatic heterocycles. The summed E-state index contributed by atoms with van der Waals surface area (Å²) in [4.78, 5) is 20.3. The van der Waals surface area contributed by atoms with Gasteiger partial charge in [-0.3, -0.25) is 14.7 Å². The Balaban J connectivity index is 1.57. The molecule has 2 aromatic carbocycles. The van der Waals surface area contributed by atoms with E-state index in [4.69, 9.17) is 19.2 Å². The summed E-state index contributed by atoms with van der Waals surface area (Å²) in [5.41, 5.74) is 1.97. The van der Waals surface area contributed by atoms with Gasteiger partial charge in [0, 0.05) is 6.54 Å². The van der Waals surface area contributed by atoms with Gasteiger partial charge in [0.1, 0.15) is 19.0 Å². The monoisotopic (exact) mass is 438 g/mol.